The van der Waals surface area contributed by atoms with Gasteiger partial charge in [-0.25, -0.2) is 0 Å². The average Bonchev–Trinajstić information content (AvgIpc) is 2.30. The third-order valence-corrected chi connectivity index (χ3v) is 3.06. The van der Waals surface area contributed by atoms with Crippen molar-refractivity contribution in [3.63, 3.8) is 0 Å². The number of benzene rings is 1. The first-order valence-corrected chi connectivity index (χ1v) is 5.45. The quantitative estimate of drug-likeness (QED) is 0.725. The summed E-state index contributed by atoms with van der Waals surface area (Å²) in [7, 11) is 1.65. The highest BCUT2D eigenvalue weighted by molar-refractivity contribution is 5.54. The molecule has 1 saturated heterocycles. The second-order valence-electron chi connectivity index (χ2n) is 4.03. The summed E-state index contributed by atoms with van der Waals surface area (Å²) in [4.78, 5) is 0. The van der Waals surface area contributed by atoms with Gasteiger partial charge < -0.3 is 15.8 Å². The van der Waals surface area contributed by atoms with Gasteiger partial charge in [-0.3, -0.25) is 0 Å². The molecule has 1 fully saturated rings. The molecule has 0 bridgehead atoms. The third-order valence-electron chi connectivity index (χ3n) is 3.06. The van der Waals surface area contributed by atoms with Gasteiger partial charge in [-0.05, 0) is 49.5 Å². The van der Waals surface area contributed by atoms with Gasteiger partial charge in [0, 0.05) is 0 Å². The Balaban J connectivity index is 2.17. The lowest BCUT2D eigenvalue weighted by atomic mass is 9.90. The van der Waals surface area contributed by atoms with E-state index in [1.807, 2.05) is 6.07 Å². The molecule has 15 heavy (non-hydrogen) atoms. The number of ether oxygens (including phenoxy) is 1. The number of nitrogens with one attached hydrogen (secondary N) is 1. The predicted octanol–water partition coefficient (Wildman–Crippen LogP) is 1.74. The van der Waals surface area contributed by atoms with Crippen LogP contribution >= 0.6 is 0 Å². The molecule has 0 aliphatic carbocycles. The fourth-order valence-corrected chi connectivity index (χ4v) is 2.16. The van der Waals surface area contributed by atoms with Crippen molar-refractivity contribution < 1.29 is 4.74 Å². The highest BCUT2D eigenvalue weighted by atomic mass is 16.5. The molecule has 3 heteroatoms. The van der Waals surface area contributed by atoms with E-state index < -0.39 is 0 Å². The standard InChI is InChI=1S/C12H18N2O/c1-15-12-3-2-10(8-11(12)13)9-4-6-14-7-5-9/h2-3,8-9,14H,4-7,13H2,1H3. The highest BCUT2D eigenvalue weighted by Crippen LogP contribution is 2.30. The van der Waals surface area contributed by atoms with Crippen molar-refractivity contribution in [3.8, 4) is 5.75 Å². The monoisotopic (exact) mass is 206 g/mol. The van der Waals surface area contributed by atoms with E-state index in [0.717, 1.165) is 24.5 Å². The number of nitrogen functional groups attached to an aromatic ring is 1. The summed E-state index contributed by atoms with van der Waals surface area (Å²) in [6.07, 6.45) is 2.40. The molecular weight excluding hydrogens is 188 g/mol. The Bertz CT molecular complexity index is 332. The number of hydrogen-bond donors (Lipinski definition) is 2. The summed E-state index contributed by atoms with van der Waals surface area (Å²) in [6, 6.07) is 6.15. The van der Waals surface area contributed by atoms with E-state index in [1.54, 1.807) is 7.11 Å². The molecule has 1 aromatic rings. The van der Waals surface area contributed by atoms with E-state index >= 15 is 0 Å². The summed E-state index contributed by atoms with van der Waals surface area (Å²) in [5.74, 6) is 1.42. The number of methoxy groups -OCH3 is 1. The molecule has 0 saturated carbocycles. The van der Waals surface area contributed by atoms with E-state index in [-0.39, 0.29) is 0 Å². The summed E-state index contributed by atoms with van der Waals surface area (Å²) >= 11 is 0. The Morgan fingerprint density at radius 2 is 2.07 bits per heavy atom. The zero-order chi connectivity index (χ0) is 10.7. The summed E-state index contributed by atoms with van der Waals surface area (Å²) < 4.78 is 5.15. The molecule has 1 aliphatic heterocycles. The van der Waals surface area contributed by atoms with Crippen LogP contribution in [0.2, 0.25) is 0 Å². The Hall–Kier alpha value is -1.22. The van der Waals surface area contributed by atoms with Crippen molar-refractivity contribution in [2.45, 2.75) is 18.8 Å². The Labute approximate surface area is 90.6 Å². The van der Waals surface area contributed by atoms with E-state index in [4.69, 9.17) is 10.5 Å². The van der Waals surface area contributed by atoms with Gasteiger partial charge in [-0.2, -0.15) is 0 Å². The second-order valence-corrected chi connectivity index (χ2v) is 4.03. The van der Waals surface area contributed by atoms with Gasteiger partial charge in [-0.1, -0.05) is 6.07 Å². The molecule has 0 amide bonds. The number of anilines is 1. The van der Waals surface area contributed by atoms with Crippen LogP contribution in [0.1, 0.15) is 24.3 Å². The largest absolute Gasteiger partial charge is 0.495 e. The molecule has 2 rings (SSSR count). The van der Waals surface area contributed by atoms with Crippen molar-refractivity contribution in [3.05, 3.63) is 23.8 Å². The molecule has 3 N–H and O–H groups in total. The number of rotatable bonds is 2. The average molecular weight is 206 g/mol. The fraction of sp³-hybridized carbons (Fsp3) is 0.500. The van der Waals surface area contributed by atoms with Crippen molar-refractivity contribution in [1.82, 2.24) is 5.32 Å². The summed E-state index contributed by atoms with van der Waals surface area (Å²) in [5.41, 5.74) is 7.98. The summed E-state index contributed by atoms with van der Waals surface area (Å²) in [5, 5.41) is 3.37. The van der Waals surface area contributed by atoms with Crippen LogP contribution in [0.4, 0.5) is 5.69 Å². The van der Waals surface area contributed by atoms with Crippen molar-refractivity contribution in [2.24, 2.45) is 0 Å². The van der Waals surface area contributed by atoms with E-state index in [2.05, 4.69) is 17.4 Å². The maximum Gasteiger partial charge on any atom is 0.141 e. The van der Waals surface area contributed by atoms with Crippen molar-refractivity contribution in [1.29, 1.82) is 0 Å². The van der Waals surface area contributed by atoms with Gasteiger partial charge in [-0.15, -0.1) is 0 Å². The molecule has 3 nitrogen and oxygen atoms in total. The van der Waals surface area contributed by atoms with Gasteiger partial charge in [0.05, 0.1) is 12.8 Å². The molecule has 0 unspecified atom stereocenters. The zero-order valence-electron chi connectivity index (χ0n) is 9.12. The normalized spacial score (nSPS) is 17.7. The Morgan fingerprint density at radius 1 is 1.33 bits per heavy atom. The topological polar surface area (TPSA) is 47.3 Å². The minimum atomic E-state index is 0.652. The Kier molecular flexibility index (Phi) is 3.11. The van der Waals surface area contributed by atoms with Crippen LogP contribution in [0.3, 0.4) is 0 Å². The SMILES string of the molecule is COc1ccc(C2CCNCC2)cc1N. The maximum absolute atomic E-state index is 5.90. The second kappa shape index (κ2) is 4.53. The van der Waals surface area contributed by atoms with Gasteiger partial charge in [0.1, 0.15) is 5.75 Å². The molecular formula is C12H18N2O. The Morgan fingerprint density at radius 3 is 2.67 bits per heavy atom. The van der Waals surface area contributed by atoms with E-state index in [0.29, 0.717) is 5.92 Å². The van der Waals surface area contributed by atoms with Gasteiger partial charge in [0.2, 0.25) is 0 Å². The van der Waals surface area contributed by atoms with Crippen LogP contribution < -0.4 is 15.8 Å². The molecule has 1 aromatic carbocycles. The first-order valence-electron chi connectivity index (χ1n) is 5.45. The molecule has 1 aliphatic rings. The van der Waals surface area contributed by atoms with E-state index in [1.165, 1.54) is 18.4 Å². The minimum Gasteiger partial charge on any atom is -0.495 e. The first-order chi connectivity index (χ1) is 7.31. The lowest BCUT2D eigenvalue weighted by Gasteiger charge is -2.23. The molecule has 0 spiro atoms. The third kappa shape index (κ3) is 2.23. The van der Waals surface area contributed by atoms with Crippen LogP contribution in [0, 0.1) is 0 Å². The van der Waals surface area contributed by atoms with Gasteiger partial charge >= 0.3 is 0 Å². The molecule has 0 radical (unpaired) electrons. The van der Waals surface area contributed by atoms with Crippen molar-refractivity contribution in [2.75, 3.05) is 25.9 Å². The van der Waals surface area contributed by atoms with Crippen LogP contribution in [0.5, 0.6) is 5.75 Å². The molecule has 1 heterocycles. The summed E-state index contributed by atoms with van der Waals surface area (Å²) in [6.45, 7) is 2.22. The highest BCUT2D eigenvalue weighted by Gasteiger charge is 2.15. The number of nitrogens with two attached hydrogens (primary N) is 1. The maximum atomic E-state index is 5.90. The predicted molar refractivity (Wildman–Crippen MR) is 62.3 cm³/mol. The lowest BCUT2D eigenvalue weighted by Crippen LogP contribution is -2.26. The number of hydrogen-bond acceptors (Lipinski definition) is 3. The molecule has 82 valence electrons. The fourth-order valence-electron chi connectivity index (χ4n) is 2.16. The first kappa shape index (κ1) is 10.3. The van der Waals surface area contributed by atoms with Crippen LogP contribution in [0.25, 0.3) is 0 Å². The zero-order valence-corrected chi connectivity index (χ0v) is 9.12. The molecule has 0 atom stereocenters. The van der Waals surface area contributed by atoms with Crippen LogP contribution in [0.15, 0.2) is 18.2 Å². The molecule has 0 aromatic heterocycles. The number of piperidine rings is 1. The smallest absolute Gasteiger partial charge is 0.141 e. The van der Waals surface area contributed by atoms with Crippen LogP contribution in [-0.2, 0) is 0 Å². The van der Waals surface area contributed by atoms with E-state index in [9.17, 15) is 0 Å². The minimum absolute atomic E-state index is 0.652. The van der Waals surface area contributed by atoms with Crippen molar-refractivity contribution >= 4 is 5.69 Å². The lowest BCUT2D eigenvalue weighted by molar-refractivity contribution is 0.416. The van der Waals surface area contributed by atoms with Gasteiger partial charge in [0.15, 0.2) is 0 Å². The van der Waals surface area contributed by atoms with Crippen LogP contribution in [-0.4, -0.2) is 20.2 Å². The van der Waals surface area contributed by atoms with Gasteiger partial charge in [0.25, 0.3) is 0 Å².